The summed E-state index contributed by atoms with van der Waals surface area (Å²) >= 11 is 0. The molecule has 0 aromatic rings. The highest BCUT2D eigenvalue weighted by Crippen LogP contribution is 2.15. The number of esters is 2. The van der Waals surface area contributed by atoms with Crippen molar-refractivity contribution in [3.8, 4) is 0 Å². The van der Waals surface area contributed by atoms with Crippen LogP contribution in [0.15, 0.2) is 60.8 Å². The Kier molecular flexibility index (Phi) is 37.1. The second-order valence-corrected chi connectivity index (χ2v) is 13.0. The van der Waals surface area contributed by atoms with Crippen molar-refractivity contribution >= 4 is 11.9 Å². The quantitative estimate of drug-likeness (QED) is 0.0413. The standard InChI is InChI=1S/C43H74O5/c1-3-5-7-9-11-13-15-17-19-20-21-22-24-25-27-29-31-33-35-37-42(45)47-40-41(39-44)48-43(46)38-36-34-32-30-28-26-23-18-16-14-12-10-8-6-4-2/h6,8,12,14,18,23,28,30,34,36,41,44H,3-5,7,9-11,13,15-17,19-22,24-27,29,31-33,35,37-40H2,1-2H3/b8-6-,14-12-,23-18-,30-28-,36-34-. The number of aliphatic hydroxyl groups is 1. The van der Waals surface area contributed by atoms with Crippen molar-refractivity contribution in [2.24, 2.45) is 0 Å². The van der Waals surface area contributed by atoms with Crippen molar-refractivity contribution in [3.63, 3.8) is 0 Å². The van der Waals surface area contributed by atoms with Crippen LogP contribution in [0.25, 0.3) is 0 Å². The maximum Gasteiger partial charge on any atom is 0.310 e. The van der Waals surface area contributed by atoms with Crippen molar-refractivity contribution in [2.75, 3.05) is 13.2 Å². The van der Waals surface area contributed by atoms with E-state index in [4.69, 9.17) is 9.47 Å². The third kappa shape index (κ3) is 36.4. The zero-order valence-electron chi connectivity index (χ0n) is 31.2. The molecule has 0 saturated heterocycles. The molecule has 1 N–H and O–H groups in total. The van der Waals surface area contributed by atoms with E-state index in [1.807, 2.05) is 6.08 Å². The van der Waals surface area contributed by atoms with Gasteiger partial charge < -0.3 is 14.6 Å². The lowest BCUT2D eigenvalue weighted by molar-refractivity contribution is -0.160. The molecule has 0 bridgehead atoms. The second kappa shape index (κ2) is 39.0. The van der Waals surface area contributed by atoms with Gasteiger partial charge in [0.1, 0.15) is 6.61 Å². The highest BCUT2D eigenvalue weighted by molar-refractivity contribution is 5.71. The molecule has 276 valence electrons. The van der Waals surface area contributed by atoms with Gasteiger partial charge in [0.15, 0.2) is 6.10 Å². The summed E-state index contributed by atoms with van der Waals surface area (Å²) in [5.74, 6) is -0.736. The van der Waals surface area contributed by atoms with Crippen LogP contribution in [0.3, 0.4) is 0 Å². The highest BCUT2D eigenvalue weighted by atomic mass is 16.6. The molecule has 0 aliphatic rings. The van der Waals surface area contributed by atoms with Gasteiger partial charge in [-0.05, 0) is 38.5 Å². The van der Waals surface area contributed by atoms with E-state index in [1.165, 1.54) is 103 Å². The average Bonchev–Trinajstić information content (AvgIpc) is 3.09. The summed E-state index contributed by atoms with van der Waals surface area (Å²) in [6.45, 7) is 3.94. The molecule has 0 amide bonds. The van der Waals surface area contributed by atoms with Gasteiger partial charge >= 0.3 is 11.9 Å². The number of aliphatic hydroxyl groups excluding tert-OH is 1. The number of hydrogen-bond donors (Lipinski definition) is 1. The van der Waals surface area contributed by atoms with Gasteiger partial charge in [-0.1, -0.05) is 190 Å². The molecule has 0 spiro atoms. The first-order valence-corrected chi connectivity index (χ1v) is 19.8. The summed E-state index contributed by atoms with van der Waals surface area (Å²) < 4.78 is 10.5. The topological polar surface area (TPSA) is 72.8 Å². The summed E-state index contributed by atoms with van der Waals surface area (Å²) in [6.07, 6.45) is 50.2. The van der Waals surface area contributed by atoms with E-state index >= 15 is 0 Å². The molecule has 0 radical (unpaired) electrons. The largest absolute Gasteiger partial charge is 0.462 e. The molecule has 1 atom stereocenters. The molecule has 0 aromatic heterocycles. The normalized spacial score (nSPS) is 12.8. The van der Waals surface area contributed by atoms with Gasteiger partial charge in [-0.15, -0.1) is 0 Å². The Labute approximate surface area is 296 Å². The number of carbonyl (C=O) groups is 2. The van der Waals surface area contributed by atoms with Crippen LogP contribution in [0.1, 0.15) is 181 Å². The first-order valence-electron chi connectivity index (χ1n) is 19.8. The first-order chi connectivity index (χ1) is 23.6. The monoisotopic (exact) mass is 671 g/mol. The number of hydrogen-bond acceptors (Lipinski definition) is 5. The molecule has 48 heavy (non-hydrogen) atoms. The molecule has 5 nitrogen and oxygen atoms in total. The van der Waals surface area contributed by atoms with Gasteiger partial charge in [-0.25, -0.2) is 0 Å². The van der Waals surface area contributed by atoms with Crippen molar-refractivity contribution in [1.82, 2.24) is 0 Å². The van der Waals surface area contributed by atoms with E-state index in [0.29, 0.717) is 6.42 Å². The maximum atomic E-state index is 12.1. The molecular weight excluding hydrogens is 596 g/mol. The molecular formula is C43H74O5. The fourth-order valence-corrected chi connectivity index (χ4v) is 5.39. The molecule has 1 unspecified atom stereocenters. The van der Waals surface area contributed by atoms with E-state index in [-0.39, 0.29) is 25.6 Å². The Hall–Kier alpha value is -2.40. The summed E-state index contributed by atoms with van der Waals surface area (Å²) in [5.41, 5.74) is 0. The van der Waals surface area contributed by atoms with Crippen LogP contribution in [-0.2, 0) is 19.1 Å². The average molecular weight is 671 g/mol. The van der Waals surface area contributed by atoms with E-state index in [1.54, 1.807) is 6.08 Å². The van der Waals surface area contributed by atoms with Crippen molar-refractivity contribution in [1.29, 1.82) is 0 Å². The third-order valence-electron chi connectivity index (χ3n) is 8.36. The molecule has 0 aromatic carbocycles. The van der Waals surface area contributed by atoms with Crippen molar-refractivity contribution in [2.45, 2.75) is 187 Å². The van der Waals surface area contributed by atoms with Crippen LogP contribution >= 0.6 is 0 Å². The van der Waals surface area contributed by atoms with E-state index < -0.39 is 12.1 Å². The van der Waals surface area contributed by atoms with Crippen LogP contribution in [0.4, 0.5) is 0 Å². The lowest BCUT2D eigenvalue weighted by Crippen LogP contribution is -2.28. The van der Waals surface area contributed by atoms with Gasteiger partial charge in [0, 0.05) is 6.42 Å². The predicted octanol–water partition coefficient (Wildman–Crippen LogP) is 12.4. The first kappa shape index (κ1) is 45.6. The number of carbonyl (C=O) groups excluding carboxylic acids is 2. The molecule has 5 heteroatoms. The van der Waals surface area contributed by atoms with Gasteiger partial charge in [0.2, 0.25) is 0 Å². The minimum Gasteiger partial charge on any atom is -0.462 e. The lowest BCUT2D eigenvalue weighted by atomic mass is 10.0. The fraction of sp³-hybridized carbons (Fsp3) is 0.721. The molecule has 0 heterocycles. The number of rotatable bonds is 35. The van der Waals surface area contributed by atoms with Gasteiger partial charge in [0.05, 0.1) is 13.0 Å². The van der Waals surface area contributed by atoms with Crippen LogP contribution in [0, 0.1) is 0 Å². The maximum absolute atomic E-state index is 12.1. The third-order valence-corrected chi connectivity index (χ3v) is 8.36. The van der Waals surface area contributed by atoms with Crippen LogP contribution in [0.2, 0.25) is 0 Å². The van der Waals surface area contributed by atoms with Crippen LogP contribution in [0.5, 0.6) is 0 Å². The van der Waals surface area contributed by atoms with Crippen molar-refractivity contribution in [3.05, 3.63) is 60.8 Å². The van der Waals surface area contributed by atoms with E-state index in [9.17, 15) is 14.7 Å². The summed E-state index contributed by atoms with van der Waals surface area (Å²) in [5, 5.41) is 9.53. The molecule has 0 aliphatic carbocycles. The highest BCUT2D eigenvalue weighted by Gasteiger charge is 2.15. The number of ether oxygens (including phenoxy) is 2. The van der Waals surface area contributed by atoms with Gasteiger partial charge in [-0.3, -0.25) is 9.59 Å². The molecule has 0 fully saturated rings. The van der Waals surface area contributed by atoms with Crippen LogP contribution < -0.4 is 0 Å². The Morgan fingerprint density at radius 3 is 1.27 bits per heavy atom. The smallest absolute Gasteiger partial charge is 0.310 e. The fourth-order valence-electron chi connectivity index (χ4n) is 5.39. The van der Waals surface area contributed by atoms with E-state index in [2.05, 4.69) is 62.5 Å². The zero-order valence-corrected chi connectivity index (χ0v) is 31.2. The zero-order chi connectivity index (χ0) is 35.0. The van der Waals surface area contributed by atoms with Gasteiger partial charge in [-0.2, -0.15) is 0 Å². The Morgan fingerprint density at radius 1 is 0.500 bits per heavy atom. The summed E-state index contributed by atoms with van der Waals surface area (Å²) in [6, 6.07) is 0. The van der Waals surface area contributed by atoms with Crippen LogP contribution in [-0.4, -0.2) is 36.4 Å². The van der Waals surface area contributed by atoms with Crippen molar-refractivity contribution < 1.29 is 24.2 Å². The second-order valence-electron chi connectivity index (χ2n) is 13.0. The minimum atomic E-state index is -0.825. The lowest BCUT2D eigenvalue weighted by Gasteiger charge is -2.15. The van der Waals surface area contributed by atoms with E-state index in [0.717, 1.165) is 51.4 Å². The Balaban J connectivity index is 3.64. The summed E-state index contributed by atoms with van der Waals surface area (Å²) in [4.78, 5) is 24.2. The summed E-state index contributed by atoms with van der Waals surface area (Å²) in [7, 11) is 0. The van der Waals surface area contributed by atoms with Gasteiger partial charge in [0.25, 0.3) is 0 Å². The predicted molar refractivity (Wildman–Crippen MR) is 205 cm³/mol. The minimum absolute atomic E-state index is 0.105. The number of allylic oxidation sites excluding steroid dienone is 9. The molecule has 0 saturated carbocycles. The molecule has 0 rings (SSSR count). The SMILES string of the molecule is CC/C=C\C/C=C\C/C=C\C/C=C\C/C=C\CC(=O)OC(CO)COC(=O)CCCCCCCCCCCCCCCCCCCCC. The Bertz CT molecular complexity index is 853. The Morgan fingerprint density at radius 2 is 0.875 bits per heavy atom. The molecule has 0 aliphatic heterocycles. The number of unbranched alkanes of at least 4 members (excludes halogenated alkanes) is 18.